The van der Waals surface area contributed by atoms with Gasteiger partial charge in [0, 0.05) is 0 Å². The van der Waals surface area contributed by atoms with E-state index in [0.717, 1.165) is 0 Å². The number of aliphatic hydroxyl groups is 1. The van der Waals surface area contributed by atoms with Crippen molar-refractivity contribution in [3.05, 3.63) is 0 Å². The number of aliphatic hydroxyl groups excluding tert-OH is 1. The molecule has 2 atom stereocenters. The van der Waals surface area contributed by atoms with Crippen LogP contribution in [0.15, 0.2) is 0 Å². The normalized spacial score (nSPS) is 19.1. The maximum atomic E-state index is 10.0. The summed E-state index contributed by atoms with van der Waals surface area (Å²) in [6, 6.07) is 0. The quantitative estimate of drug-likeness (QED) is 0.450. The van der Waals surface area contributed by atoms with Crippen molar-refractivity contribution >= 4 is 21.7 Å². The SMILES string of the molecule is CC(O)C(Cl)S(=O)(=O)O. The second-order valence-corrected chi connectivity index (χ2v) is 3.87. The highest BCUT2D eigenvalue weighted by Gasteiger charge is 2.24. The van der Waals surface area contributed by atoms with Crippen LogP contribution >= 0.6 is 11.6 Å². The van der Waals surface area contributed by atoms with Crippen LogP contribution in [0.1, 0.15) is 6.92 Å². The van der Waals surface area contributed by atoms with E-state index in [4.69, 9.17) is 21.3 Å². The van der Waals surface area contributed by atoms with Crippen molar-refractivity contribution in [2.75, 3.05) is 0 Å². The Morgan fingerprint density at radius 3 is 1.89 bits per heavy atom. The molecule has 0 aromatic carbocycles. The monoisotopic (exact) mass is 174 g/mol. The van der Waals surface area contributed by atoms with E-state index in [1.165, 1.54) is 6.92 Å². The fourth-order valence-corrected chi connectivity index (χ4v) is 0.747. The maximum Gasteiger partial charge on any atom is 0.284 e. The average molecular weight is 175 g/mol. The Bertz CT molecular complexity index is 172. The number of hydrogen-bond donors (Lipinski definition) is 2. The molecule has 2 N–H and O–H groups in total. The van der Waals surface area contributed by atoms with Crippen LogP contribution in [0.25, 0.3) is 0 Å². The Kier molecular flexibility index (Phi) is 2.88. The topological polar surface area (TPSA) is 74.6 Å². The van der Waals surface area contributed by atoms with Gasteiger partial charge in [0.05, 0.1) is 6.10 Å². The fraction of sp³-hybridized carbons (Fsp3) is 1.00. The van der Waals surface area contributed by atoms with Crippen molar-refractivity contribution < 1.29 is 18.1 Å². The molecule has 0 aliphatic heterocycles. The van der Waals surface area contributed by atoms with E-state index in [2.05, 4.69) is 0 Å². The van der Waals surface area contributed by atoms with E-state index < -0.39 is 20.9 Å². The van der Waals surface area contributed by atoms with Crippen LogP contribution in [0.4, 0.5) is 0 Å². The van der Waals surface area contributed by atoms with Gasteiger partial charge in [0.2, 0.25) is 0 Å². The third-order valence-electron chi connectivity index (χ3n) is 0.664. The van der Waals surface area contributed by atoms with Gasteiger partial charge < -0.3 is 5.11 Å². The van der Waals surface area contributed by atoms with E-state index in [9.17, 15) is 8.42 Å². The first-order chi connectivity index (χ1) is 3.85. The zero-order valence-corrected chi connectivity index (χ0v) is 6.22. The third-order valence-corrected chi connectivity index (χ3v) is 2.67. The predicted octanol–water partition coefficient (Wildman–Crippen LogP) is -0.180. The van der Waals surface area contributed by atoms with Gasteiger partial charge in [-0.2, -0.15) is 8.42 Å². The molecule has 0 rings (SSSR count). The zero-order valence-electron chi connectivity index (χ0n) is 4.65. The zero-order chi connectivity index (χ0) is 7.65. The average Bonchev–Trinajstić information content (AvgIpc) is 1.62. The van der Waals surface area contributed by atoms with Gasteiger partial charge in [0.1, 0.15) is 0 Å². The Hall–Kier alpha value is 0.160. The first kappa shape index (κ1) is 9.16. The van der Waals surface area contributed by atoms with Gasteiger partial charge in [-0.15, -0.1) is 0 Å². The molecule has 0 fully saturated rings. The molecule has 0 bridgehead atoms. The van der Waals surface area contributed by atoms with Crippen molar-refractivity contribution in [3.63, 3.8) is 0 Å². The molecule has 0 heterocycles. The van der Waals surface area contributed by atoms with Gasteiger partial charge >= 0.3 is 0 Å². The summed E-state index contributed by atoms with van der Waals surface area (Å²) in [4.78, 5) is 0. The highest BCUT2D eigenvalue weighted by Crippen LogP contribution is 2.08. The second-order valence-electron chi connectivity index (χ2n) is 1.61. The molecule has 0 aromatic heterocycles. The third kappa shape index (κ3) is 3.00. The Balaban J connectivity index is 4.24. The molecule has 0 aromatic rings. The van der Waals surface area contributed by atoms with Crippen LogP contribution in [0, 0.1) is 0 Å². The molecule has 4 nitrogen and oxygen atoms in total. The lowest BCUT2D eigenvalue weighted by Crippen LogP contribution is -2.25. The van der Waals surface area contributed by atoms with Crippen molar-refractivity contribution in [1.82, 2.24) is 0 Å². The summed E-state index contributed by atoms with van der Waals surface area (Å²) in [5.74, 6) is 0. The van der Waals surface area contributed by atoms with Gasteiger partial charge in [0.15, 0.2) is 4.71 Å². The minimum atomic E-state index is -4.29. The first-order valence-corrected chi connectivity index (χ1v) is 4.08. The van der Waals surface area contributed by atoms with E-state index in [-0.39, 0.29) is 0 Å². The first-order valence-electron chi connectivity index (χ1n) is 2.14. The number of halogens is 1. The lowest BCUT2D eigenvalue weighted by molar-refractivity contribution is 0.205. The van der Waals surface area contributed by atoms with E-state index >= 15 is 0 Å². The van der Waals surface area contributed by atoms with Crippen LogP contribution in [-0.4, -0.2) is 28.9 Å². The lowest BCUT2D eigenvalue weighted by Gasteiger charge is -2.06. The Morgan fingerprint density at radius 2 is 1.89 bits per heavy atom. The molecule has 0 radical (unpaired) electrons. The summed E-state index contributed by atoms with van der Waals surface area (Å²) in [6.45, 7) is 1.17. The molecule has 0 aliphatic rings. The largest absolute Gasteiger partial charge is 0.391 e. The molecule has 9 heavy (non-hydrogen) atoms. The standard InChI is InChI=1S/C3H7ClO4S/c1-2(5)3(4)9(6,7)8/h2-3,5H,1H3,(H,6,7,8). The molecular formula is C3H7ClO4S. The van der Waals surface area contributed by atoms with E-state index in [1.54, 1.807) is 0 Å². The van der Waals surface area contributed by atoms with Gasteiger partial charge in [-0.25, -0.2) is 0 Å². The number of hydrogen-bond acceptors (Lipinski definition) is 3. The summed E-state index contributed by atoms with van der Waals surface area (Å²) >= 11 is 5.00. The smallest absolute Gasteiger partial charge is 0.284 e. The van der Waals surface area contributed by atoms with Crippen molar-refractivity contribution in [2.24, 2.45) is 0 Å². The molecule has 0 spiro atoms. The number of rotatable bonds is 2. The summed E-state index contributed by atoms with van der Waals surface area (Å²) in [7, 11) is -4.29. The Morgan fingerprint density at radius 1 is 1.56 bits per heavy atom. The molecule has 6 heteroatoms. The summed E-state index contributed by atoms with van der Waals surface area (Å²) in [6.07, 6.45) is -1.26. The molecule has 0 saturated heterocycles. The molecule has 0 saturated carbocycles. The van der Waals surface area contributed by atoms with Gasteiger partial charge in [-0.05, 0) is 6.92 Å². The van der Waals surface area contributed by atoms with E-state index in [0.29, 0.717) is 0 Å². The molecule has 0 amide bonds. The van der Waals surface area contributed by atoms with Crippen molar-refractivity contribution in [1.29, 1.82) is 0 Å². The Labute approximate surface area is 58.2 Å². The highest BCUT2D eigenvalue weighted by molar-refractivity contribution is 7.87. The minimum absolute atomic E-state index is 1.17. The minimum Gasteiger partial charge on any atom is -0.391 e. The second kappa shape index (κ2) is 2.83. The highest BCUT2D eigenvalue weighted by atomic mass is 35.5. The van der Waals surface area contributed by atoms with Gasteiger partial charge in [0.25, 0.3) is 10.1 Å². The maximum absolute atomic E-state index is 10.0. The van der Waals surface area contributed by atoms with Gasteiger partial charge in [-0.1, -0.05) is 11.6 Å². The molecular weight excluding hydrogens is 168 g/mol. The molecule has 56 valence electrons. The molecule has 2 unspecified atom stereocenters. The number of alkyl halides is 1. The van der Waals surface area contributed by atoms with Gasteiger partial charge in [-0.3, -0.25) is 4.55 Å². The predicted molar refractivity (Wildman–Crippen MR) is 32.9 cm³/mol. The van der Waals surface area contributed by atoms with Crippen molar-refractivity contribution in [3.8, 4) is 0 Å². The summed E-state index contributed by atoms with van der Waals surface area (Å²) in [5.41, 5.74) is 0. The van der Waals surface area contributed by atoms with Crippen molar-refractivity contribution in [2.45, 2.75) is 17.7 Å². The van der Waals surface area contributed by atoms with Crippen LogP contribution < -0.4 is 0 Å². The van der Waals surface area contributed by atoms with E-state index in [1.807, 2.05) is 0 Å². The fourth-order valence-electron chi connectivity index (χ4n) is 0.249. The lowest BCUT2D eigenvalue weighted by atomic mass is 10.5. The van der Waals surface area contributed by atoms with Crippen LogP contribution in [-0.2, 0) is 10.1 Å². The van der Waals surface area contributed by atoms with Crippen LogP contribution in [0.3, 0.4) is 0 Å². The summed E-state index contributed by atoms with van der Waals surface area (Å²) in [5, 5.41) is 8.49. The summed E-state index contributed by atoms with van der Waals surface area (Å²) < 4.78 is 26.6. The molecule has 0 aliphatic carbocycles. The van der Waals surface area contributed by atoms with Crippen LogP contribution in [0.5, 0.6) is 0 Å². The van der Waals surface area contributed by atoms with Crippen LogP contribution in [0.2, 0.25) is 0 Å².